The number of hydrogen-bond acceptors (Lipinski definition) is 3. The lowest BCUT2D eigenvalue weighted by Crippen LogP contribution is -2.12. The van der Waals surface area contributed by atoms with Gasteiger partial charge in [-0.1, -0.05) is 117 Å². The molecule has 0 aliphatic heterocycles. The standard InChI is InChI=1S/3C13H12N2.CH4/c3*14-11-15(12-7-3-1-4-8-12)13-9-5-2-6-10-13;/h3*1-11,14H;1H4. The van der Waals surface area contributed by atoms with Crippen molar-refractivity contribution < 1.29 is 0 Å². The van der Waals surface area contributed by atoms with Gasteiger partial charge in [0.15, 0.2) is 0 Å². The fourth-order valence-electron chi connectivity index (χ4n) is 4.43. The van der Waals surface area contributed by atoms with Gasteiger partial charge in [-0.25, -0.2) is 0 Å². The minimum atomic E-state index is 0. The molecule has 0 aromatic heterocycles. The Bertz CT molecular complexity index is 1360. The lowest BCUT2D eigenvalue weighted by Gasteiger charge is -2.18. The Balaban J connectivity index is 0.000000186. The molecule has 0 aliphatic carbocycles. The van der Waals surface area contributed by atoms with E-state index in [-0.39, 0.29) is 7.43 Å². The van der Waals surface area contributed by atoms with E-state index in [4.69, 9.17) is 16.2 Å². The summed E-state index contributed by atoms with van der Waals surface area (Å²) in [6, 6.07) is 59.2. The molecule has 0 bridgehead atoms. The maximum atomic E-state index is 7.44. The Hall–Kier alpha value is -6.27. The summed E-state index contributed by atoms with van der Waals surface area (Å²) in [5.41, 5.74) is 5.99. The summed E-state index contributed by atoms with van der Waals surface area (Å²) >= 11 is 0. The molecule has 46 heavy (non-hydrogen) atoms. The number of nitrogens with one attached hydrogen (secondary N) is 3. The summed E-state index contributed by atoms with van der Waals surface area (Å²) in [6.45, 7) is 0. The van der Waals surface area contributed by atoms with Crippen LogP contribution in [0.5, 0.6) is 0 Å². The van der Waals surface area contributed by atoms with Crippen molar-refractivity contribution in [3.8, 4) is 0 Å². The lowest BCUT2D eigenvalue weighted by atomic mass is 10.2. The molecule has 6 aromatic rings. The Morgan fingerprint density at radius 3 is 0.500 bits per heavy atom. The van der Waals surface area contributed by atoms with Crippen LogP contribution in [0.3, 0.4) is 0 Å². The highest BCUT2D eigenvalue weighted by molar-refractivity contribution is 5.89. The van der Waals surface area contributed by atoms with Crippen LogP contribution in [0.2, 0.25) is 0 Å². The first kappa shape index (κ1) is 34.2. The van der Waals surface area contributed by atoms with Crippen molar-refractivity contribution in [3.63, 3.8) is 0 Å². The third-order valence-electron chi connectivity index (χ3n) is 6.59. The van der Waals surface area contributed by atoms with Gasteiger partial charge < -0.3 is 14.7 Å². The summed E-state index contributed by atoms with van der Waals surface area (Å²) in [5, 5.41) is 22.3. The molecule has 0 saturated carbocycles. The molecule has 0 saturated heterocycles. The molecule has 6 rings (SSSR count). The number of benzene rings is 6. The van der Waals surface area contributed by atoms with E-state index >= 15 is 0 Å². The Morgan fingerprint density at radius 1 is 0.261 bits per heavy atom. The summed E-state index contributed by atoms with van der Waals surface area (Å²) in [5.74, 6) is 0. The zero-order valence-corrected chi connectivity index (χ0v) is 24.9. The second-order valence-electron chi connectivity index (χ2n) is 9.51. The molecule has 0 aliphatic rings. The van der Waals surface area contributed by atoms with Crippen LogP contribution >= 0.6 is 0 Å². The lowest BCUT2D eigenvalue weighted by molar-refractivity contribution is 1.34. The highest BCUT2D eigenvalue weighted by Crippen LogP contribution is 2.24. The van der Waals surface area contributed by atoms with Gasteiger partial charge in [-0.2, -0.15) is 0 Å². The maximum Gasteiger partial charge on any atom is 0.0907 e. The minimum absolute atomic E-state index is 0. The number of para-hydroxylation sites is 6. The fraction of sp³-hybridized carbons (Fsp3) is 0.0250. The molecule has 230 valence electrons. The molecule has 0 radical (unpaired) electrons. The third kappa shape index (κ3) is 9.89. The summed E-state index contributed by atoms with van der Waals surface area (Å²) in [6.07, 6.45) is 3.97. The highest BCUT2D eigenvalue weighted by atomic mass is 15.1. The predicted molar refractivity (Wildman–Crippen MR) is 198 cm³/mol. The average molecular weight is 605 g/mol. The van der Waals surface area contributed by atoms with Crippen molar-refractivity contribution in [1.82, 2.24) is 0 Å². The number of rotatable bonds is 9. The molecule has 0 unspecified atom stereocenters. The van der Waals surface area contributed by atoms with Crippen LogP contribution in [0, 0.1) is 16.2 Å². The molecule has 0 amide bonds. The van der Waals surface area contributed by atoms with Crippen molar-refractivity contribution in [2.45, 2.75) is 7.43 Å². The smallest absolute Gasteiger partial charge is 0.0907 e. The molecule has 3 N–H and O–H groups in total. The largest absolute Gasteiger partial charge is 0.302 e. The molecule has 6 heteroatoms. The van der Waals surface area contributed by atoms with E-state index in [0.717, 1.165) is 34.1 Å². The van der Waals surface area contributed by atoms with Gasteiger partial charge in [-0.3, -0.25) is 16.2 Å². The number of nitrogens with zero attached hydrogens (tertiary/aromatic N) is 3. The van der Waals surface area contributed by atoms with Gasteiger partial charge >= 0.3 is 0 Å². The van der Waals surface area contributed by atoms with Crippen LogP contribution in [0.15, 0.2) is 182 Å². The van der Waals surface area contributed by atoms with E-state index in [1.165, 1.54) is 19.0 Å². The van der Waals surface area contributed by atoms with E-state index in [1.807, 2.05) is 197 Å². The normalized spacial score (nSPS) is 9.39. The molecular weight excluding hydrogens is 564 g/mol. The van der Waals surface area contributed by atoms with E-state index in [2.05, 4.69) is 0 Å². The molecule has 6 aromatic carbocycles. The van der Waals surface area contributed by atoms with Gasteiger partial charge in [0, 0.05) is 34.1 Å². The second kappa shape index (κ2) is 19.1. The van der Waals surface area contributed by atoms with E-state index in [0.29, 0.717) is 0 Å². The van der Waals surface area contributed by atoms with Gasteiger partial charge in [0.1, 0.15) is 0 Å². The summed E-state index contributed by atoms with van der Waals surface area (Å²) in [7, 11) is 0. The van der Waals surface area contributed by atoms with Gasteiger partial charge in [0.25, 0.3) is 0 Å². The van der Waals surface area contributed by atoms with E-state index in [1.54, 1.807) is 0 Å². The zero-order valence-electron chi connectivity index (χ0n) is 24.9. The van der Waals surface area contributed by atoms with Crippen LogP contribution in [0.4, 0.5) is 34.1 Å². The van der Waals surface area contributed by atoms with Crippen LogP contribution < -0.4 is 14.7 Å². The highest BCUT2D eigenvalue weighted by Gasteiger charge is 2.06. The number of hydrogen-bond donors (Lipinski definition) is 3. The van der Waals surface area contributed by atoms with Gasteiger partial charge in [-0.05, 0) is 72.8 Å². The fourth-order valence-corrected chi connectivity index (χ4v) is 4.43. The number of anilines is 6. The molecule has 0 atom stereocenters. The van der Waals surface area contributed by atoms with Crippen LogP contribution in [-0.2, 0) is 0 Å². The first-order valence-corrected chi connectivity index (χ1v) is 14.4. The minimum Gasteiger partial charge on any atom is -0.302 e. The SMILES string of the molecule is C.N=CN(c1ccccc1)c1ccccc1.N=CN(c1ccccc1)c1ccccc1.N=CN(c1ccccc1)c1ccccc1. The maximum absolute atomic E-state index is 7.44. The molecular formula is C40H40N6. The predicted octanol–water partition coefficient (Wildman–Crippen LogP) is 10.9. The van der Waals surface area contributed by atoms with Crippen molar-refractivity contribution in [2.75, 3.05) is 14.7 Å². The molecule has 0 heterocycles. The Morgan fingerprint density at radius 2 is 0.391 bits per heavy atom. The Labute approximate surface area is 273 Å². The van der Waals surface area contributed by atoms with E-state index < -0.39 is 0 Å². The third-order valence-corrected chi connectivity index (χ3v) is 6.59. The van der Waals surface area contributed by atoms with Crippen LogP contribution in [0.25, 0.3) is 0 Å². The van der Waals surface area contributed by atoms with Crippen molar-refractivity contribution in [2.24, 2.45) is 0 Å². The first-order chi connectivity index (χ1) is 22.2. The average Bonchev–Trinajstić information content (AvgIpc) is 3.13. The van der Waals surface area contributed by atoms with Crippen LogP contribution in [0.1, 0.15) is 7.43 Å². The summed E-state index contributed by atoms with van der Waals surface area (Å²) in [4.78, 5) is 5.50. The molecule has 0 fully saturated rings. The van der Waals surface area contributed by atoms with Gasteiger partial charge in [-0.15, -0.1) is 0 Å². The quantitative estimate of drug-likeness (QED) is 0.113. The van der Waals surface area contributed by atoms with Crippen LogP contribution in [-0.4, -0.2) is 19.0 Å². The molecule has 6 nitrogen and oxygen atoms in total. The van der Waals surface area contributed by atoms with Crippen molar-refractivity contribution >= 4 is 53.1 Å². The van der Waals surface area contributed by atoms with Gasteiger partial charge in [0.05, 0.1) is 19.0 Å². The molecule has 0 spiro atoms. The van der Waals surface area contributed by atoms with E-state index in [9.17, 15) is 0 Å². The van der Waals surface area contributed by atoms with Crippen molar-refractivity contribution in [3.05, 3.63) is 182 Å². The monoisotopic (exact) mass is 604 g/mol. The summed E-state index contributed by atoms with van der Waals surface area (Å²) < 4.78 is 0. The zero-order chi connectivity index (χ0) is 31.5. The topological polar surface area (TPSA) is 81.3 Å². The first-order valence-electron chi connectivity index (χ1n) is 14.4. The van der Waals surface area contributed by atoms with Crippen molar-refractivity contribution in [1.29, 1.82) is 16.2 Å². The van der Waals surface area contributed by atoms with Gasteiger partial charge in [0.2, 0.25) is 0 Å². The second-order valence-corrected chi connectivity index (χ2v) is 9.51. The Kier molecular flexibility index (Phi) is 14.2.